The van der Waals surface area contributed by atoms with Crippen molar-refractivity contribution in [3.05, 3.63) is 29.8 Å². The van der Waals surface area contributed by atoms with Crippen molar-refractivity contribution in [1.82, 2.24) is 4.90 Å². The van der Waals surface area contributed by atoms with Gasteiger partial charge >= 0.3 is 6.18 Å². The summed E-state index contributed by atoms with van der Waals surface area (Å²) in [6, 6.07) is 4.44. The number of likely N-dealkylation sites (tertiary alicyclic amines) is 1. The summed E-state index contributed by atoms with van der Waals surface area (Å²) in [7, 11) is 0. The largest absolute Gasteiger partial charge is 0.484 e. The van der Waals surface area contributed by atoms with E-state index in [9.17, 15) is 18.0 Å². The fourth-order valence-electron chi connectivity index (χ4n) is 2.24. The van der Waals surface area contributed by atoms with E-state index in [1.54, 1.807) is 4.90 Å². The molecule has 1 atom stereocenters. The molecule has 1 unspecified atom stereocenters. The molecule has 0 aromatic heterocycles. The second kappa shape index (κ2) is 6.34. The van der Waals surface area contributed by atoms with Crippen molar-refractivity contribution in [2.75, 3.05) is 19.7 Å². The Morgan fingerprint density at radius 2 is 2.19 bits per heavy atom. The lowest BCUT2D eigenvalue weighted by Gasteiger charge is -2.30. The first-order valence-corrected chi connectivity index (χ1v) is 6.69. The minimum Gasteiger partial charge on any atom is -0.484 e. The van der Waals surface area contributed by atoms with Crippen LogP contribution in [0, 0.1) is 0 Å². The minimum absolute atomic E-state index is 0.0273. The third-order valence-corrected chi connectivity index (χ3v) is 3.33. The zero-order valence-corrected chi connectivity index (χ0v) is 11.4. The Bertz CT molecular complexity index is 505. The van der Waals surface area contributed by atoms with Crippen molar-refractivity contribution >= 4 is 5.91 Å². The standard InChI is InChI=1S/C14H17F3N2O2/c15-14(16,17)10-3-1-5-12(7-10)21-9-13(20)19-6-2-4-11(18)8-19/h1,3,5,7,11H,2,4,6,8-9,18H2. The van der Waals surface area contributed by atoms with E-state index in [1.807, 2.05) is 0 Å². The molecule has 116 valence electrons. The molecule has 2 rings (SSSR count). The minimum atomic E-state index is -4.43. The van der Waals surface area contributed by atoms with Crippen LogP contribution in [0.1, 0.15) is 18.4 Å². The third kappa shape index (κ3) is 4.35. The molecule has 1 aromatic carbocycles. The molecule has 0 radical (unpaired) electrons. The zero-order chi connectivity index (χ0) is 15.5. The fraction of sp³-hybridized carbons (Fsp3) is 0.500. The molecular formula is C14H17F3N2O2. The Labute approximate surface area is 120 Å². The summed E-state index contributed by atoms with van der Waals surface area (Å²) in [4.78, 5) is 13.5. The van der Waals surface area contributed by atoms with Crippen LogP contribution in [-0.2, 0) is 11.0 Å². The lowest BCUT2D eigenvalue weighted by Crippen LogP contribution is -2.47. The monoisotopic (exact) mass is 302 g/mol. The zero-order valence-electron chi connectivity index (χ0n) is 11.4. The number of amides is 1. The van der Waals surface area contributed by atoms with Crippen molar-refractivity contribution in [2.24, 2.45) is 5.73 Å². The van der Waals surface area contributed by atoms with Gasteiger partial charge in [-0.25, -0.2) is 0 Å². The number of hydrogen-bond donors (Lipinski definition) is 1. The molecule has 0 spiro atoms. The highest BCUT2D eigenvalue weighted by Crippen LogP contribution is 2.31. The van der Waals surface area contributed by atoms with Crippen LogP contribution in [0.5, 0.6) is 5.75 Å². The van der Waals surface area contributed by atoms with Crippen LogP contribution in [-0.4, -0.2) is 36.5 Å². The van der Waals surface area contributed by atoms with Gasteiger partial charge in [-0.05, 0) is 31.0 Å². The predicted molar refractivity (Wildman–Crippen MR) is 70.7 cm³/mol. The van der Waals surface area contributed by atoms with Gasteiger partial charge in [0.25, 0.3) is 5.91 Å². The molecule has 1 amide bonds. The molecule has 0 bridgehead atoms. The number of piperidine rings is 1. The molecule has 2 N–H and O–H groups in total. The van der Waals surface area contributed by atoms with Crippen LogP contribution < -0.4 is 10.5 Å². The average Bonchev–Trinajstić information content (AvgIpc) is 2.44. The van der Waals surface area contributed by atoms with E-state index in [-0.39, 0.29) is 24.3 Å². The first-order chi connectivity index (χ1) is 9.86. The van der Waals surface area contributed by atoms with Gasteiger partial charge in [-0.2, -0.15) is 13.2 Å². The molecule has 1 fully saturated rings. The maximum absolute atomic E-state index is 12.6. The second-order valence-corrected chi connectivity index (χ2v) is 5.06. The number of ether oxygens (including phenoxy) is 1. The van der Waals surface area contributed by atoms with E-state index >= 15 is 0 Å². The number of halogens is 3. The van der Waals surface area contributed by atoms with Gasteiger partial charge in [0.05, 0.1) is 5.56 Å². The number of nitrogens with zero attached hydrogens (tertiary/aromatic N) is 1. The highest BCUT2D eigenvalue weighted by Gasteiger charge is 2.30. The molecule has 21 heavy (non-hydrogen) atoms. The molecule has 1 saturated heterocycles. The number of alkyl halides is 3. The molecule has 1 heterocycles. The van der Waals surface area contributed by atoms with E-state index < -0.39 is 11.7 Å². The smallest absolute Gasteiger partial charge is 0.416 e. The van der Waals surface area contributed by atoms with Crippen LogP contribution in [0.2, 0.25) is 0 Å². The SMILES string of the molecule is NC1CCCN(C(=O)COc2cccc(C(F)(F)F)c2)C1. The maximum atomic E-state index is 12.6. The summed E-state index contributed by atoms with van der Waals surface area (Å²) in [5.41, 5.74) is 4.98. The van der Waals surface area contributed by atoms with Crippen molar-refractivity contribution in [2.45, 2.75) is 25.1 Å². The number of rotatable bonds is 3. The topological polar surface area (TPSA) is 55.6 Å². The molecular weight excluding hydrogens is 285 g/mol. The Hall–Kier alpha value is -1.76. The Kier molecular flexibility index (Phi) is 4.72. The number of benzene rings is 1. The summed E-state index contributed by atoms with van der Waals surface area (Å²) < 4.78 is 42.8. The number of hydrogen-bond acceptors (Lipinski definition) is 3. The van der Waals surface area contributed by atoms with Gasteiger partial charge in [-0.15, -0.1) is 0 Å². The number of nitrogens with two attached hydrogens (primary N) is 1. The number of carbonyl (C=O) groups is 1. The molecule has 0 saturated carbocycles. The molecule has 0 aliphatic carbocycles. The van der Waals surface area contributed by atoms with Crippen molar-refractivity contribution in [1.29, 1.82) is 0 Å². The van der Waals surface area contributed by atoms with Crippen LogP contribution in [0.3, 0.4) is 0 Å². The van der Waals surface area contributed by atoms with Crippen LogP contribution >= 0.6 is 0 Å². The van der Waals surface area contributed by atoms with E-state index in [2.05, 4.69) is 0 Å². The highest BCUT2D eigenvalue weighted by atomic mass is 19.4. The van der Waals surface area contributed by atoms with Crippen LogP contribution in [0.15, 0.2) is 24.3 Å². The quantitative estimate of drug-likeness (QED) is 0.929. The van der Waals surface area contributed by atoms with E-state index in [1.165, 1.54) is 12.1 Å². The first-order valence-electron chi connectivity index (χ1n) is 6.69. The van der Waals surface area contributed by atoms with Crippen molar-refractivity contribution in [3.8, 4) is 5.75 Å². The van der Waals surface area contributed by atoms with Gasteiger partial charge < -0.3 is 15.4 Å². The summed E-state index contributed by atoms with van der Waals surface area (Å²) >= 11 is 0. The third-order valence-electron chi connectivity index (χ3n) is 3.33. The fourth-order valence-corrected chi connectivity index (χ4v) is 2.24. The van der Waals surface area contributed by atoms with Gasteiger partial charge in [0.2, 0.25) is 0 Å². The Balaban J connectivity index is 1.92. The normalized spacial score (nSPS) is 19.4. The van der Waals surface area contributed by atoms with Gasteiger partial charge in [0.15, 0.2) is 6.61 Å². The predicted octanol–water partition coefficient (Wildman–Crippen LogP) is 2.03. The Morgan fingerprint density at radius 3 is 2.86 bits per heavy atom. The lowest BCUT2D eigenvalue weighted by molar-refractivity contribution is -0.137. The molecule has 1 aliphatic rings. The first kappa shape index (κ1) is 15.6. The number of carbonyl (C=O) groups excluding carboxylic acids is 1. The Morgan fingerprint density at radius 1 is 1.43 bits per heavy atom. The van der Waals surface area contributed by atoms with Crippen molar-refractivity contribution in [3.63, 3.8) is 0 Å². The van der Waals surface area contributed by atoms with Gasteiger partial charge in [-0.1, -0.05) is 6.07 Å². The van der Waals surface area contributed by atoms with Crippen LogP contribution in [0.4, 0.5) is 13.2 Å². The average molecular weight is 302 g/mol. The maximum Gasteiger partial charge on any atom is 0.416 e. The van der Waals surface area contributed by atoms with E-state index in [0.717, 1.165) is 25.0 Å². The summed E-state index contributed by atoms with van der Waals surface area (Å²) in [5.74, 6) is -0.234. The molecule has 1 aromatic rings. The van der Waals surface area contributed by atoms with Crippen LogP contribution in [0.25, 0.3) is 0 Å². The van der Waals surface area contributed by atoms with E-state index in [0.29, 0.717) is 13.1 Å². The summed E-state index contributed by atoms with van der Waals surface area (Å²) in [6.45, 7) is 0.789. The molecule has 4 nitrogen and oxygen atoms in total. The molecule has 1 aliphatic heterocycles. The molecule has 7 heteroatoms. The highest BCUT2D eigenvalue weighted by molar-refractivity contribution is 5.77. The van der Waals surface area contributed by atoms with E-state index in [4.69, 9.17) is 10.5 Å². The summed E-state index contributed by atoms with van der Waals surface area (Å²) in [5, 5.41) is 0. The van der Waals surface area contributed by atoms with Gasteiger partial charge in [0, 0.05) is 19.1 Å². The van der Waals surface area contributed by atoms with Gasteiger partial charge in [0.1, 0.15) is 5.75 Å². The lowest BCUT2D eigenvalue weighted by atomic mass is 10.1. The van der Waals surface area contributed by atoms with Crippen molar-refractivity contribution < 1.29 is 22.7 Å². The van der Waals surface area contributed by atoms with Gasteiger partial charge in [-0.3, -0.25) is 4.79 Å². The second-order valence-electron chi connectivity index (χ2n) is 5.06. The summed E-state index contributed by atoms with van der Waals surface area (Å²) in [6.07, 6.45) is -2.72.